The molecule has 0 heterocycles. The van der Waals surface area contributed by atoms with Gasteiger partial charge in [0.25, 0.3) is 0 Å². The molecule has 0 saturated carbocycles. The van der Waals surface area contributed by atoms with E-state index < -0.39 is 32.6 Å². The Morgan fingerprint density at radius 3 is 2.56 bits per heavy atom. The molecule has 1 rings (SSSR count). The second kappa shape index (κ2) is 5.67. The van der Waals surface area contributed by atoms with Gasteiger partial charge in [0.1, 0.15) is 11.6 Å². The van der Waals surface area contributed by atoms with Crippen LogP contribution in [0.5, 0.6) is 0 Å². The number of anilines is 1. The molecule has 0 saturated heterocycles. The summed E-state index contributed by atoms with van der Waals surface area (Å²) in [6, 6.07) is 3.71. The van der Waals surface area contributed by atoms with E-state index in [0.717, 1.165) is 6.07 Å². The molecule has 1 aromatic carbocycles. The molecule has 4 nitrogen and oxygen atoms in total. The van der Waals surface area contributed by atoms with Gasteiger partial charge in [-0.1, -0.05) is 11.6 Å². The Morgan fingerprint density at radius 2 is 2.06 bits per heavy atom. The van der Waals surface area contributed by atoms with Crippen molar-refractivity contribution in [3.05, 3.63) is 29.0 Å². The summed E-state index contributed by atoms with van der Waals surface area (Å²) in [6.45, 7) is 2.98. The SMILES string of the molecule is CC(C)S(=O)(=O)CC(=O)Nc1ccc(Cl)c(F)c1. The highest BCUT2D eigenvalue weighted by Crippen LogP contribution is 2.18. The Kier molecular flexibility index (Phi) is 4.70. The molecule has 0 aliphatic rings. The molecule has 0 spiro atoms. The lowest BCUT2D eigenvalue weighted by Crippen LogP contribution is -2.27. The minimum atomic E-state index is -3.47. The first-order chi connectivity index (χ1) is 8.22. The Hall–Kier alpha value is -1.14. The van der Waals surface area contributed by atoms with E-state index in [1.165, 1.54) is 26.0 Å². The van der Waals surface area contributed by atoms with E-state index in [9.17, 15) is 17.6 Å². The molecular weight excluding hydrogens is 281 g/mol. The highest BCUT2D eigenvalue weighted by atomic mass is 35.5. The number of nitrogens with one attached hydrogen (secondary N) is 1. The van der Waals surface area contributed by atoms with Crippen molar-refractivity contribution in [2.24, 2.45) is 0 Å². The number of amides is 1. The number of hydrogen-bond acceptors (Lipinski definition) is 3. The monoisotopic (exact) mass is 293 g/mol. The van der Waals surface area contributed by atoms with Crippen LogP contribution in [-0.2, 0) is 14.6 Å². The molecule has 0 radical (unpaired) electrons. The summed E-state index contributed by atoms with van der Waals surface area (Å²) in [5, 5.41) is 1.60. The summed E-state index contributed by atoms with van der Waals surface area (Å²) in [5.41, 5.74) is 0.167. The standard InChI is InChI=1S/C11H13ClFNO3S/c1-7(2)18(16,17)6-11(15)14-8-3-4-9(12)10(13)5-8/h3-5,7H,6H2,1-2H3,(H,14,15). The normalized spacial score (nSPS) is 11.6. The van der Waals surface area contributed by atoms with Crippen LogP contribution in [0.2, 0.25) is 5.02 Å². The van der Waals surface area contributed by atoms with Crippen molar-refractivity contribution in [2.75, 3.05) is 11.1 Å². The van der Waals surface area contributed by atoms with Crippen LogP contribution in [0.4, 0.5) is 10.1 Å². The number of sulfone groups is 1. The van der Waals surface area contributed by atoms with Gasteiger partial charge < -0.3 is 5.32 Å². The summed E-state index contributed by atoms with van der Waals surface area (Å²) in [6.07, 6.45) is 0. The van der Waals surface area contributed by atoms with Crippen LogP contribution < -0.4 is 5.32 Å². The van der Waals surface area contributed by atoms with E-state index in [4.69, 9.17) is 11.6 Å². The second-order valence-electron chi connectivity index (χ2n) is 4.03. The van der Waals surface area contributed by atoms with E-state index in [-0.39, 0.29) is 10.7 Å². The van der Waals surface area contributed by atoms with Crippen LogP contribution >= 0.6 is 11.6 Å². The van der Waals surface area contributed by atoms with Gasteiger partial charge in [0.05, 0.1) is 10.3 Å². The van der Waals surface area contributed by atoms with Crippen molar-refractivity contribution in [2.45, 2.75) is 19.1 Å². The van der Waals surface area contributed by atoms with Crippen molar-refractivity contribution in [1.82, 2.24) is 0 Å². The number of halogens is 2. The minimum Gasteiger partial charge on any atom is -0.325 e. The molecule has 0 aliphatic heterocycles. The van der Waals surface area contributed by atoms with Gasteiger partial charge in [0, 0.05) is 5.69 Å². The van der Waals surface area contributed by atoms with Gasteiger partial charge >= 0.3 is 0 Å². The van der Waals surface area contributed by atoms with Crippen molar-refractivity contribution in [3.8, 4) is 0 Å². The number of carbonyl (C=O) groups is 1. The van der Waals surface area contributed by atoms with E-state index in [1.807, 2.05) is 0 Å². The van der Waals surface area contributed by atoms with Gasteiger partial charge in [-0.05, 0) is 32.0 Å². The molecule has 0 aliphatic carbocycles. The fourth-order valence-corrected chi connectivity index (χ4v) is 2.01. The second-order valence-corrected chi connectivity index (χ2v) is 7.00. The quantitative estimate of drug-likeness (QED) is 0.926. The molecule has 7 heteroatoms. The summed E-state index contributed by atoms with van der Waals surface area (Å²) < 4.78 is 36.1. The van der Waals surface area contributed by atoms with Crippen LogP contribution in [0, 0.1) is 5.82 Å². The lowest BCUT2D eigenvalue weighted by atomic mass is 10.3. The highest BCUT2D eigenvalue weighted by molar-refractivity contribution is 7.92. The molecule has 18 heavy (non-hydrogen) atoms. The molecule has 0 bridgehead atoms. The Balaban J connectivity index is 2.74. The van der Waals surface area contributed by atoms with Crippen molar-refractivity contribution < 1.29 is 17.6 Å². The van der Waals surface area contributed by atoms with Gasteiger partial charge in [-0.2, -0.15) is 0 Å². The molecule has 0 aromatic heterocycles. The van der Waals surface area contributed by atoms with Gasteiger partial charge in [0.2, 0.25) is 5.91 Å². The lowest BCUT2D eigenvalue weighted by molar-refractivity contribution is -0.113. The van der Waals surface area contributed by atoms with Crippen LogP contribution in [-0.4, -0.2) is 25.3 Å². The number of carbonyl (C=O) groups excluding carboxylic acids is 1. The molecule has 1 amide bonds. The predicted octanol–water partition coefficient (Wildman–Crippen LogP) is 2.24. The third-order valence-electron chi connectivity index (χ3n) is 2.25. The highest BCUT2D eigenvalue weighted by Gasteiger charge is 2.20. The van der Waals surface area contributed by atoms with Gasteiger partial charge in [0.15, 0.2) is 9.84 Å². The van der Waals surface area contributed by atoms with Crippen molar-refractivity contribution in [3.63, 3.8) is 0 Å². The maximum atomic E-state index is 13.1. The van der Waals surface area contributed by atoms with Crippen LogP contribution in [0.1, 0.15) is 13.8 Å². The van der Waals surface area contributed by atoms with E-state index in [0.29, 0.717) is 0 Å². The molecule has 1 aromatic rings. The van der Waals surface area contributed by atoms with Crippen LogP contribution in [0.3, 0.4) is 0 Å². The summed E-state index contributed by atoms with van der Waals surface area (Å²) in [7, 11) is -3.47. The lowest BCUT2D eigenvalue weighted by Gasteiger charge is -2.08. The van der Waals surface area contributed by atoms with Crippen molar-refractivity contribution >= 4 is 33.0 Å². The fourth-order valence-electron chi connectivity index (χ4n) is 1.12. The zero-order valence-corrected chi connectivity index (χ0v) is 11.5. The van der Waals surface area contributed by atoms with Crippen LogP contribution in [0.25, 0.3) is 0 Å². The largest absolute Gasteiger partial charge is 0.325 e. The van der Waals surface area contributed by atoms with Gasteiger partial charge in [-0.25, -0.2) is 12.8 Å². The summed E-state index contributed by atoms with van der Waals surface area (Å²) >= 11 is 5.48. The zero-order chi connectivity index (χ0) is 13.9. The molecule has 0 fully saturated rings. The smallest absolute Gasteiger partial charge is 0.239 e. The Morgan fingerprint density at radius 1 is 1.44 bits per heavy atom. The average molecular weight is 294 g/mol. The maximum Gasteiger partial charge on any atom is 0.239 e. The number of rotatable bonds is 4. The Labute approximate surface area is 110 Å². The third-order valence-corrected chi connectivity index (χ3v) is 4.66. The third kappa shape index (κ3) is 3.96. The van der Waals surface area contributed by atoms with E-state index in [2.05, 4.69) is 5.32 Å². The predicted molar refractivity (Wildman–Crippen MR) is 69.0 cm³/mol. The molecule has 0 atom stereocenters. The fraction of sp³-hybridized carbons (Fsp3) is 0.364. The first-order valence-corrected chi connectivity index (χ1v) is 7.28. The summed E-state index contributed by atoms with van der Waals surface area (Å²) in [5.74, 6) is -2.01. The molecule has 100 valence electrons. The van der Waals surface area contributed by atoms with Gasteiger partial charge in [-0.15, -0.1) is 0 Å². The van der Waals surface area contributed by atoms with Crippen molar-refractivity contribution in [1.29, 1.82) is 0 Å². The maximum absolute atomic E-state index is 13.1. The molecule has 1 N–H and O–H groups in total. The molecule has 0 unspecified atom stereocenters. The summed E-state index contributed by atoms with van der Waals surface area (Å²) in [4.78, 5) is 11.5. The van der Waals surface area contributed by atoms with Crippen LogP contribution in [0.15, 0.2) is 18.2 Å². The minimum absolute atomic E-state index is 0.0669. The topological polar surface area (TPSA) is 63.2 Å². The number of hydrogen-bond donors (Lipinski definition) is 1. The molecular formula is C11H13ClFNO3S. The Bertz CT molecular complexity index is 557. The first-order valence-electron chi connectivity index (χ1n) is 5.19. The number of benzene rings is 1. The van der Waals surface area contributed by atoms with E-state index in [1.54, 1.807) is 0 Å². The van der Waals surface area contributed by atoms with Gasteiger partial charge in [-0.3, -0.25) is 4.79 Å². The van der Waals surface area contributed by atoms with E-state index >= 15 is 0 Å². The average Bonchev–Trinajstić information content (AvgIpc) is 2.22. The first kappa shape index (κ1) is 14.9. The zero-order valence-electron chi connectivity index (χ0n) is 9.91.